The van der Waals surface area contributed by atoms with E-state index in [1.54, 1.807) is 29.2 Å². The fourth-order valence-electron chi connectivity index (χ4n) is 4.51. The highest BCUT2D eigenvalue weighted by molar-refractivity contribution is 6.06. The lowest BCUT2D eigenvalue weighted by Crippen LogP contribution is -2.58. The first-order chi connectivity index (χ1) is 15.8. The minimum absolute atomic E-state index is 0.218. The van der Waals surface area contributed by atoms with E-state index < -0.39 is 16.2 Å². The number of rotatable bonds is 4. The molecule has 0 radical (unpaired) electrons. The monoisotopic (exact) mass is 456 g/mol. The summed E-state index contributed by atoms with van der Waals surface area (Å²) in [6, 6.07) is 13.7. The molecule has 2 aromatic carbocycles. The van der Waals surface area contributed by atoms with E-state index in [4.69, 9.17) is 9.47 Å². The van der Waals surface area contributed by atoms with Gasteiger partial charge in [0.1, 0.15) is 19.0 Å². The molecule has 0 aliphatic carbocycles. The number of ether oxygens (including phenoxy) is 2. The van der Waals surface area contributed by atoms with E-state index in [1.807, 2.05) is 12.1 Å². The van der Waals surface area contributed by atoms with Crippen LogP contribution in [0.4, 0.5) is 15.8 Å². The van der Waals surface area contributed by atoms with Crippen molar-refractivity contribution in [1.82, 2.24) is 4.90 Å². The number of piperazine rings is 1. The van der Waals surface area contributed by atoms with Crippen LogP contribution in [0.15, 0.2) is 48.5 Å². The number of hydrogen-bond acceptors (Lipinski definition) is 7. The highest BCUT2D eigenvalue weighted by atomic mass is 19.1. The molecule has 0 atom stereocenters. The minimum Gasteiger partial charge on any atom is -0.369 e. The molecule has 0 aromatic heterocycles. The standard InChI is InChI=1S/C23H25FN4O5/c1-22(28(30)31)14-32-23(33-15-22)19-4-2-3-5-20(19)27(21(23)29)16-25-10-12-26(13-11-25)18-8-6-17(24)7-9-18/h2-9H,10-16H2,1H3. The van der Waals surface area contributed by atoms with Crippen LogP contribution in [0, 0.1) is 15.9 Å². The van der Waals surface area contributed by atoms with Crippen LogP contribution >= 0.6 is 0 Å². The van der Waals surface area contributed by atoms with Gasteiger partial charge < -0.3 is 14.4 Å². The number of benzene rings is 2. The molecule has 1 amide bonds. The lowest BCUT2D eigenvalue weighted by molar-refractivity contribution is -0.590. The average Bonchev–Trinajstić information content (AvgIpc) is 3.05. The molecular weight excluding hydrogens is 431 g/mol. The zero-order valence-electron chi connectivity index (χ0n) is 18.3. The van der Waals surface area contributed by atoms with Crippen molar-refractivity contribution in [1.29, 1.82) is 0 Å². The van der Waals surface area contributed by atoms with Crippen molar-refractivity contribution in [3.05, 3.63) is 70.0 Å². The maximum absolute atomic E-state index is 13.5. The van der Waals surface area contributed by atoms with Crippen LogP contribution in [-0.2, 0) is 20.1 Å². The smallest absolute Gasteiger partial charge is 0.293 e. The maximum Gasteiger partial charge on any atom is 0.293 e. The number of anilines is 2. The van der Waals surface area contributed by atoms with Crippen molar-refractivity contribution in [3.63, 3.8) is 0 Å². The second-order valence-electron chi connectivity index (χ2n) is 8.92. The third-order valence-electron chi connectivity index (χ3n) is 6.60. The molecule has 0 saturated carbocycles. The molecule has 0 bridgehead atoms. The average molecular weight is 456 g/mol. The Balaban J connectivity index is 1.30. The summed E-state index contributed by atoms with van der Waals surface area (Å²) in [6.07, 6.45) is 0. The summed E-state index contributed by atoms with van der Waals surface area (Å²) in [5, 5.41) is 11.4. The van der Waals surface area contributed by atoms with E-state index >= 15 is 0 Å². The van der Waals surface area contributed by atoms with Gasteiger partial charge in [0.05, 0.1) is 12.4 Å². The van der Waals surface area contributed by atoms with Crippen molar-refractivity contribution >= 4 is 17.3 Å². The molecule has 2 saturated heterocycles. The predicted molar refractivity (Wildman–Crippen MR) is 118 cm³/mol. The number of carbonyl (C=O) groups excluding carboxylic acids is 1. The van der Waals surface area contributed by atoms with Gasteiger partial charge in [-0.1, -0.05) is 18.2 Å². The SMILES string of the molecule is CC1([N+](=O)[O-])COC2(OC1)C(=O)N(CN1CCN(c3ccc(F)cc3)CC1)c1ccccc12. The van der Waals surface area contributed by atoms with Crippen LogP contribution < -0.4 is 9.80 Å². The van der Waals surface area contributed by atoms with Crippen LogP contribution in [0.1, 0.15) is 12.5 Å². The van der Waals surface area contributed by atoms with E-state index in [0.717, 1.165) is 31.9 Å². The van der Waals surface area contributed by atoms with Crippen molar-refractivity contribution in [2.45, 2.75) is 18.2 Å². The molecule has 33 heavy (non-hydrogen) atoms. The van der Waals surface area contributed by atoms with Gasteiger partial charge in [-0.2, -0.15) is 0 Å². The Labute approximate surface area is 190 Å². The Morgan fingerprint density at radius 3 is 2.30 bits per heavy atom. The van der Waals surface area contributed by atoms with Crippen molar-refractivity contribution in [2.24, 2.45) is 0 Å². The largest absolute Gasteiger partial charge is 0.369 e. The second-order valence-corrected chi connectivity index (χ2v) is 8.92. The highest BCUT2D eigenvalue weighted by Crippen LogP contribution is 2.46. The van der Waals surface area contributed by atoms with Gasteiger partial charge in [-0.15, -0.1) is 0 Å². The molecule has 3 aliphatic rings. The zero-order valence-corrected chi connectivity index (χ0v) is 18.3. The first kappa shape index (κ1) is 21.7. The summed E-state index contributed by atoms with van der Waals surface area (Å²) in [5.74, 6) is -2.28. The van der Waals surface area contributed by atoms with Crippen LogP contribution in [0.25, 0.3) is 0 Å². The van der Waals surface area contributed by atoms with Gasteiger partial charge in [-0.3, -0.25) is 24.7 Å². The lowest BCUT2D eigenvalue weighted by atomic mass is 10.0. The fourth-order valence-corrected chi connectivity index (χ4v) is 4.51. The lowest BCUT2D eigenvalue weighted by Gasteiger charge is -2.39. The Bertz CT molecular complexity index is 1060. The number of hydrogen-bond donors (Lipinski definition) is 0. The molecule has 5 rings (SSSR count). The van der Waals surface area contributed by atoms with Crippen LogP contribution in [0.5, 0.6) is 0 Å². The molecule has 0 N–H and O–H groups in total. The number of nitro groups is 1. The molecule has 174 valence electrons. The molecular formula is C23H25FN4O5. The van der Waals surface area contributed by atoms with Gasteiger partial charge in [-0.05, 0) is 30.3 Å². The number of para-hydroxylation sites is 1. The number of halogens is 1. The molecule has 3 heterocycles. The topological polar surface area (TPSA) is 88.4 Å². The van der Waals surface area contributed by atoms with Crippen molar-refractivity contribution < 1.29 is 23.6 Å². The minimum atomic E-state index is -1.65. The van der Waals surface area contributed by atoms with Crippen LogP contribution in [0.2, 0.25) is 0 Å². The highest BCUT2D eigenvalue weighted by Gasteiger charge is 2.60. The Kier molecular flexibility index (Phi) is 5.31. The van der Waals surface area contributed by atoms with Gasteiger partial charge in [0.2, 0.25) is 0 Å². The summed E-state index contributed by atoms with van der Waals surface area (Å²) in [5.41, 5.74) is 0.832. The van der Waals surface area contributed by atoms with Gasteiger partial charge in [0.25, 0.3) is 17.2 Å². The quantitative estimate of drug-likeness (QED) is 0.515. The summed E-state index contributed by atoms with van der Waals surface area (Å²) in [6.45, 7) is 4.30. The summed E-state index contributed by atoms with van der Waals surface area (Å²) < 4.78 is 24.9. The molecule has 9 nitrogen and oxygen atoms in total. The molecule has 1 spiro atoms. The van der Waals surface area contributed by atoms with Crippen LogP contribution in [-0.4, -0.2) is 67.3 Å². The van der Waals surface area contributed by atoms with Gasteiger partial charge >= 0.3 is 0 Å². The number of carbonyl (C=O) groups is 1. The Morgan fingerprint density at radius 2 is 1.67 bits per heavy atom. The third-order valence-corrected chi connectivity index (χ3v) is 6.60. The van der Waals surface area contributed by atoms with Crippen molar-refractivity contribution in [3.8, 4) is 0 Å². The molecule has 3 aliphatic heterocycles. The number of nitrogens with zero attached hydrogens (tertiary/aromatic N) is 4. The number of fused-ring (bicyclic) bond motifs is 2. The predicted octanol–water partition coefficient (Wildman–Crippen LogP) is 2.19. The number of amides is 1. The second kappa shape index (κ2) is 8.05. The molecule has 0 unspecified atom stereocenters. The van der Waals surface area contributed by atoms with E-state index in [2.05, 4.69) is 9.80 Å². The zero-order chi connectivity index (χ0) is 23.2. The molecule has 2 fully saturated rings. The normalized spacial score (nSPS) is 27.8. The van der Waals surface area contributed by atoms with E-state index in [0.29, 0.717) is 17.9 Å². The first-order valence-corrected chi connectivity index (χ1v) is 10.9. The summed E-state index contributed by atoms with van der Waals surface area (Å²) >= 11 is 0. The maximum atomic E-state index is 13.5. The van der Waals surface area contributed by atoms with Gasteiger partial charge in [0.15, 0.2) is 0 Å². The summed E-state index contributed by atoms with van der Waals surface area (Å²) in [4.78, 5) is 30.5. The van der Waals surface area contributed by atoms with E-state index in [9.17, 15) is 19.3 Å². The summed E-state index contributed by atoms with van der Waals surface area (Å²) in [7, 11) is 0. The fraction of sp³-hybridized carbons (Fsp3) is 0.435. The molecule has 10 heteroatoms. The van der Waals surface area contributed by atoms with Gasteiger partial charge in [0, 0.05) is 49.3 Å². The Morgan fingerprint density at radius 1 is 1.03 bits per heavy atom. The van der Waals surface area contributed by atoms with E-state index in [1.165, 1.54) is 19.1 Å². The molecule has 2 aromatic rings. The Hall–Kier alpha value is -3.08. The van der Waals surface area contributed by atoms with Crippen LogP contribution in [0.3, 0.4) is 0 Å². The van der Waals surface area contributed by atoms with Crippen molar-refractivity contribution in [2.75, 3.05) is 55.9 Å². The van der Waals surface area contributed by atoms with E-state index in [-0.39, 0.29) is 24.9 Å². The van der Waals surface area contributed by atoms with Gasteiger partial charge in [-0.25, -0.2) is 4.39 Å². The first-order valence-electron chi connectivity index (χ1n) is 10.9. The third kappa shape index (κ3) is 3.64.